The van der Waals surface area contributed by atoms with Crippen molar-refractivity contribution >= 4 is 16.7 Å². The van der Waals surface area contributed by atoms with E-state index in [0.717, 1.165) is 27.9 Å². The van der Waals surface area contributed by atoms with Crippen LogP contribution >= 0.6 is 0 Å². The van der Waals surface area contributed by atoms with E-state index in [2.05, 4.69) is 4.98 Å². The molecule has 0 aliphatic heterocycles. The van der Waals surface area contributed by atoms with Gasteiger partial charge in [0.25, 0.3) is 0 Å². The molecule has 3 heteroatoms. The highest BCUT2D eigenvalue weighted by molar-refractivity contribution is 6.17. The Morgan fingerprint density at radius 3 is 2.43 bits per heavy atom. The number of ether oxygens (including phenoxy) is 1. The number of rotatable bonds is 3. The lowest BCUT2D eigenvalue weighted by Crippen LogP contribution is -2.02. The van der Waals surface area contributed by atoms with Crippen LogP contribution in [0.3, 0.4) is 0 Å². The molecule has 0 fully saturated rings. The third kappa shape index (κ3) is 2.31. The van der Waals surface area contributed by atoms with E-state index in [0.29, 0.717) is 11.1 Å². The number of carbonyl (C=O) groups excluding carboxylic acids is 1. The molecule has 106 valence electrons. The van der Waals surface area contributed by atoms with Crippen molar-refractivity contribution in [2.45, 2.75) is 13.8 Å². The van der Waals surface area contributed by atoms with Crippen molar-refractivity contribution in [3.8, 4) is 5.75 Å². The van der Waals surface area contributed by atoms with Crippen LogP contribution in [0.25, 0.3) is 10.9 Å². The van der Waals surface area contributed by atoms with Gasteiger partial charge in [0.15, 0.2) is 5.78 Å². The summed E-state index contributed by atoms with van der Waals surface area (Å²) in [7, 11) is 1.63. The van der Waals surface area contributed by atoms with Crippen LogP contribution in [-0.2, 0) is 0 Å². The van der Waals surface area contributed by atoms with E-state index in [1.54, 1.807) is 7.11 Å². The van der Waals surface area contributed by atoms with Crippen LogP contribution in [0.2, 0.25) is 0 Å². The maximum atomic E-state index is 12.8. The minimum atomic E-state index is 0.0343. The monoisotopic (exact) mass is 279 g/mol. The molecular formula is C18H17NO2. The smallest absolute Gasteiger partial charge is 0.195 e. The molecule has 0 aliphatic rings. The highest BCUT2D eigenvalue weighted by Crippen LogP contribution is 2.28. The standard InChI is InChI=1S/C18H17NO2/c1-11-4-6-13(7-5-11)18(20)17-12(2)19-16-9-8-14(21-3)10-15(16)17/h4-10,19H,1-3H3. The highest BCUT2D eigenvalue weighted by atomic mass is 16.5. The Balaban J connectivity index is 2.16. The SMILES string of the molecule is COc1ccc2[nH]c(C)c(C(=O)c3ccc(C)cc3)c2c1. The first-order valence-corrected chi connectivity index (χ1v) is 6.88. The topological polar surface area (TPSA) is 42.1 Å². The van der Waals surface area contributed by atoms with Crippen LogP contribution in [0.1, 0.15) is 27.2 Å². The molecule has 0 bridgehead atoms. The Kier molecular flexibility index (Phi) is 3.26. The molecule has 1 heterocycles. The molecule has 0 aliphatic carbocycles. The van der Waals surface area contributed by atoms with Crippen molar-refractivity contribution in [1.29, 1.82) is 0 Å². The first-order valence-electron chi connectivity index (χ1n) is 6.88. The number of aryl methyl sites for hydroxylation is 2. The Bertz CT molecular complexity index is 813. The van der Waals surface area contributed by atoms with Crippen molar-refractivity contribution < 1.29 is 9.53 Å². The fraction of sp³-hybridized carbons (Fsp3) is 0.167. The lowest BCUT2D eigenvalue weighted by atomic mass is 9.99. The maximum absolute atomic E-state index is 12.8. The fourth-order valence-electron chi connectivity index (χ4n) is 2.57. The van der Waals surface area contributed by atoms with Gasteiger partial charge in [-0.3, -0.25) is 4.79 Å². The molecule has 1 N–H and O–H groups in total. The van der Waals surface area contributed by atoms with Gasteiger partial charge in [0.2, 0.25) is 0 Å². The van der Waals surface area contributed by atoms with Crippen LogP contribution in [0.4, 0.5) is 0 Å². The summed E-state index contributed by atoms with van der Waals surface area (Å²) >= 11 is 0. The molecule has 0 atom stereocenters. The number of nitrogens with one attached hydrogen (secondary N) is 1. The van der Waals surface area contributed by atoms with Gasteiger partial charge < -0.3 is 9.72 Å². The van der Waals surface area contributed by atoms with Crippen molar-refractivity contribution in [1.82, 2.24) is 4.98 Å². The Labute approximate surface area is 123 Å². The van der Waals surface area contributed by atoms with E-state index in [4.69, 9.17) is 4.74 Å². The lowest BCUT2D eigenvalue weighted by molar-refractivity contribution is 0.104. The summed E-state index contributed by atoms with van der Waals surface area (Å²) in [5, 5.41) is 0.900. The number of benzene rings is 2. The zero-order valence-corrected chi connectivity index (χ0v) is 12.4. The molecule has 0 radical (unpaired) electrons. The number of hydrogen-bond donors (Lipinski definition) is 1. The van der Waals surface area contributed by atoms with E-state index in [1.807, 2.05) is 56.3 Å². The molecule has 21 heavy (non-hydrogen) atoms. The number of ketones is 1. The van der Waals surface area contributed by atoms with Crippen LogP contribution in [0.15, 0.2) is 42.5 Å². The third-order valence-corrected chi connectivity index (χ3v) is 3.73. The predicted octanol–water partition coefficient (Wildman–Crippen LogP) is 4.02. The van der Waals surface area contributed by atoms with Gasteiger partial charge in [-0.05, 0) is 32.0 Å². The van der Waals surface area contributed by atoms with Gasteiger partial charge >= 0.3 is 0 Å². The van der Waals surface area contributed by atoms with Gasteiger partial charge in [0.1, 0.15) is 5.75 Å². The molecular weight excluding hydrogens is 262 g/mol. The number of aromatic amines is 1. The molecule has 0 unspecified atom stereocenters. The van der Waals surface area contributed by atoms with Crippen molar-refractivity contribution in [2.75, 3.05) is 7.11 Å². The van der Waals surface area contributed by atoms with Gasteiger partial charge in [-0.15, -0.1) is 0 Å². The van der Waals surface area contributed by atoms with Crippen molar-refractivity contribution in [2.24, 2.45) is 0 Å². The second-order valence-corrected chi connectivity index (χ2v) is 5.23. The number of H-pyrrole nitrogens is 1. The second-order valence-electron chi connectivity index (χ2n) is 5.23. The number of carbonyl (C=O) groups is 1. The van der Waals surface area contributed by atoms with Gasteiger partial charge in [-0.1, -0.05) is 29.8 Å². The third-order valence-electron chi connectivity index (χ3n) is 3.73. The highest BCUT2D eigenvalue weighted by Gasteiger charge is 2.18. The van der Waals surface area contributed by atoms with Gasteiger partial charge in [0.05, 0.1) is 12.7 Å². The van der Waals surface area contributed by atoms with Gasteiger partial charge in [-0.2, -0.15) is 0 Å². The molecule has 0 amide bonds. The van der Waals surface area contributed by atoms with Crippen LogP contribution < -0.4 is 4.74 Å². The normalized spacial score (nSPS) is 10.8. The van der Waals surface area contributed by atoms with Crippen molar-refractivity contribution in [3.05, 3.63) is 64.8 Å². The van der Waals surface area contributed by atoms with Crippen LogP contribution in [0, 0.1) is 13.8 Å². The molecule has 0 spiro atoms. The summed E-state index contributed by atoms with van der Waals surface area (Å²) < 4.78 is 5.26. The number of aromatic nitrogens is 1. The van der Waals surface area contributed by atoms with Gasteiger partial charge in [-0.25, -0.2) is 0 Å². The average Bonchev–Trinajstić information content (AvgIpc) is 2.82. The largest absolute Gasteiger partial charge is 0.497 e. The summed E-state index contributed by atoms with van der Waals surface area (Å²) in [4.78, 5) is 16.1. The predicted molar refractivity (Wildman–Crippen MR) is 84.2 cm³/mol. The quantitative estimate of drug-likeness (QED) is 0.736. The zero-order valence-electron chi connectivity index (χ0n) is 12.4. The average molecular weight is 279 g/mol. The van der Waals surface area contributed by atoms with E-state index in [9.17, 15) is 4.79 Å². The second kappa shape index (κ2) is 5.09. The molecule has 0 saturated carbocycles. The van der Waals surface area contributed by atoms with E-state index < -0.39 is 0 Å². The minimum Gasteiger partial charge on any atom is -0.497 e. The number of fused-ring (bicyclic) bond motifs is 1. The summed E-state index contributed by atoms with van der Waals surface area (Å²) in [5.74, 6) is 0.784. The van der Waals surface area contributed by atoms with E-state index in [1.165, 1.54) is 0 Å². The molecule has 0 saturated heterocycles. The number of hydrogen-bond acceptors (Lipinski definition) is 2. The molecule has 3 aromatic rings. The number of methoxy groups -OCH3 is 1. The summed E-state index contributed by atoms with van der Waals surface area (Å²) in [6, 6.07) is 13.4. The molecule has 1 aromatic heterocycles. The summed E-state index contributed by atoms with van der Waals surface area (Å²) in [6.07, 6.45) is 0. The molecule has 3 rings (SSSR count). The lowest BCUT2D eigenvalue weighted by Gasteiger charge is -2.03. The zero-order chi connectivity index (χ0) is 15.0. The minimum absolute atomic E-state index is 0.0343. The van der Waals surface area contributed by atoms with Crippen LogP contribution in [-0.4, -0.2) is 17.9 Å². The van der Waals surface area contributed by atoms with E-state index >= 15 is 0 Å². The first-order chi connectivity index (χ1) is 10.1. The Hall–Kier alpha value is -2.55. The van der Waals surface area contributed by atoms with E-state index in [-0.39, 0.29) is 5.78 Å². The Morgan fingerprint density at radius 2 is 1.76 bits per heavy atom. The summed E-state index contributed by atoms with van der Waals surface area (Å²) in [5.41, 5.74) is 4.39. The molecule has 2 aromatic carbocycles. The maximum Gasteiger partial charge on any atom is 0.195 e. The fourth-order valence-corrected chi connectivity index (χ4v) is 2.57. The summed E-state index contributed by atoms with van der Waals surface area (Å²) in [6.45, 7) is 3.93. The van der Waals surface area contributed by atoms with Crippen LogP contribution in [0.5, 0.6) is 5.75 Å². The Morgan fingerprint density at radius 1 is 1.05 bits per heavy atom. The molecule has 3 nitrogen and oxygen atoms in total. The first kappa shape index (κ1) is 13.4. The van der Waals surface area contributed by atoms with Gasteiger partial charge in [0, 0.05) is 22.2 Å². The van der Waals surface area contributed by atoms with Crippen molar-refractivity contribution in [3.63, 3.8) is 0 Å².